The lowest BCUT2D eigenvalue weighted by atomic mass is 10.2. The first-order valence-corrected chi connectivity index (χ1v) is 10.9. The number of benzene rings is 2. The van der Waals surface area contributed by atoms with Crippen LogP contribution in [0.4, 0.5) is 5.95 Å². The molecule has 3 aromatic rings. The van der Waals surface area contributed by atoms with Crippen LogP contribution in [-0.2, 0) is 9.59 Å². The third kappa shape index (κ3) is 5.64. The number of rotatable bonds is 10. The van der Waals surface area contributed by atoms with Gasteiger partial charge in [0, 0.05) is 30.3 Å². The molecule has 2 amide bonds. The van der Waals surface area contributed by atoms with Gasteiger partial charge < -0.3 is 14.4 Å². The van der Waals surface area contributed by atoms with E-state index in [-0.39, 0.29) is 30.8 Å². The molecular formula is C26H30N4O4. The van der Waals surface area contributed by atoms with Gasteiger partial charge in [0.1, 0.15) is 6.54 Å². The maximum Gasteiger partial charge on any atom is 0.246 e. The van der Waals surface area contributed by atoms with E-state index in [1.807, 2.05) is 42.6 Å². The molecule has 178 valence electrons. The van der Waals surface area contributed by atoms with Gasteiger partial charge in [-0.1, -0.05) is 50.3 Å². The molecule has 0 fully saturated rings. The van der Waals surface area contributed by atoms with E-state index in [4.69, 9.17) is 9.47 Å². The maximum atomic E-state index is 12.9. The fourth-order valence-corrected chi connectivity index (χ4v) is 3.48. The number of aromatic nitrogens is 2. The molecular weight excluding hydrogens is 432 g/mol. The average Bonchev–Trinajstić information content (AvgIpc) is 3.26. The van der Waals surface area contributed by atoms with Crippen molar-refractivity contribution < 1.29 is 19.1 Å². The van der Waals surface area contributed by atoms with E-state index >= 15 is 0 Å². The Balaban J connectivity index is 1.97. The smallest absolute Gasteiger partial charge is 0.246 e. The van der Waals surface area contributed by atoms with E-state index in [1.54, 1.807) is 50.8 Å². The Kier molecular flexibility index (Phi) is 8.08. The zero-order valence-corrected chi connectivity index (χ0v) is 19.9. The topological polar surface area (TPSA) is 85.7 Å². The summed E-state index contributed by atoms with van der Waals surface area (Å²) in [6.07, 6.45) is 3.44. The fourth-order valence-electron chi connectivity index (χ4n) is 3.48. The average molecular weight is 463 g/mol. The van der Waals surface area contributed by atoms with Crippen molar-refractivity contribution in [3.8, 4) is 28.4 Å². The third-order valence-corrected chi connectivity index (χ3v) is 5.16. The van der Waals surface area contributed by atoms with Gasteiger partial charge >= 0.3 is 0 Å². The lowest BCUT2D eigenvalue weighted by molar-refractivity contribution is -0.136. The molecule has 0 aliphatic heterocycles. The van der Waals surface area contributed by atoms with Gasteiger partial charge in [-0.05, 0) is 12.1 Å². The van der Waals surface area contributed by atoms with Crippen molar-refractivity contribution in [2.75, 3.05) is 32.6 Å². The molecule has 0 aliphatic rings. The molecule has 8 heteroatoms. The summed E-state index contributed by atoms with van der Waals surface area (Å²) in [4.78, 5) is 31.6. The van der Waals surface area contributed by atoms with E-state index in [0.717, 1.165) is 11.3 Å². The summed E-state index contributed by atoms with van der Waals surface area (Å²) in [7, 11) is 3.13. The Hall–Kier alpha value is -4.07. The molecule has 0 saturated carbocycles. The normalized spacial score (nSPS) is 10.6. The number of carbonyl (C=O) groups excluding carboxylic acids is 2. The van der Waals surface area contributed by atoms with Crippen LogP contribution in [0.25, 0.3) is 16.9 Å². The monoisotopic (exact) mass is 462 g/mol. The number of amides is 2. The summed E-state index contributed by atoms with van der Waals surface area (Å²) in [6, 6.07) is 15.1. The van der Waals surface area contributed by atoms with Gasteiger partial charge in [-0.2, -0.15) is 0 Å². The highest BCUT2D eigenvalue weighted by molar-refractivity contribution is 5.94. The summed E-state index contributed by atoms with van der Waals surface area (Å²) in [5.41, 5.74) is 2.32. The quantitative estimate of drug-likeness (QED) is 0.457. The summed E-state index contributed by atoms with van der Waals surface area (Å²) in [5.74, 6) is 0.753. The Morgan fingerprint density at radius 2 is 1.82 bits per heavy atom. The van der Waals surface area contributed by atoms with Crippen LogP contribution < -0.4 is 14.8 Å². The van der Waals surface area contributed by atoms with E-state index < -0.39 is 0 Å². The zero-order valence-electron chi connectivity index (χ0n) is 19.9. The van der Waals surface area contributed by atoms with E-state index in [9.17, 15) is 9.59 Å². The Labute approximate surface area is 199 Å². The minimum atomic E-state index is -0.359. The number of anilines is 1. The van der Waals surface area contributed by atoms with Gasteiger partial charge in [-0.3, -0.25) is 19.5 Å². The number of nitrogens with zero attached hydrogens (tertiary/aromatic N) is 3. The van der Waals surface area contributed by atoms with Gasteiger partial charge in [0.2, 0.25) is 17.8 Å². The highest BCUT2D eigenvalue weighted by Gasteiger charge is 2.21. The molecule has 0 radical (unpaired) electrons. The highest BCUT2D eigenvalue weighted by atomic mass is 16.5. The number of carbonyl (C=O) groups is 2. The molecule has 8 nitrogen and oxygen atoms in total. The molecule has 34 heavy (non-hydrogen) atoms. The van der Waals surface area contributed by atoms with Crippen LogP contribution in [0.2, 0.25) is 0 Å². The summed E-state index contributed by atoms with van der Waals surface area (Å²) < 4.78 is 12.5. The maximum absolute atomic E-state index is 12.9. The first-order chi connectivity index (χ1) is 16.4. The largest absolute Gasteiger partial charge is 0.493 e. The number of hydrogen-bond donors (Lipinski definition) is 1. The van der Waals surface area contributed by atoms with E-state index in [1.165, 1.54) is 4.90 Å². The SMILES string of the molecule is C=CCN(CC(=O)Nc1nc(-c2ccccc2)cn1-c1ccc(OC)c(OC)c1)C(=O)C(C)C. The van der Waals surface area contributed by atoms with Gasteiger partial charge in [-0.25, -0.2) is 4.98 Å². The van der Waals surface area contributed by atoms with Crippen LogP contribution in [0.3, 0.4) is 0 Å². The van der Waals surface area contributed by atoms with Crippen molar-refractivity contribution in [2.24, 2.45) is 5.92 Å². The predicted octanol–water partition coefficient (Wildman–Crippen LogP) is 4.17. The first kappa shape index (κ1) is 24.6. The molecule has 0 saturated heterocycles. The summed E-state index contributed by atoms with van der Waals surface area (Å²) in [5, 5.41) is 2.86. The van der Waals surface area contributed by atoms with E-state index in [2.05, 4.69) is 16.9 Å². The molecule has 0 aliphatic carbocycles. The molecule has 0 atom stereocenters. The number of ether oxygens (including phenoxy) is 2. The number of methoxy groups -OCH3 is 2. The van der Waals surface area contributed by atoms with Crippen LogP contribution in [-0.4, -0.2) is 53.6 Å². The second-order valence-electron chi connectivity index (χ2n) is 7.94. The standard InChI is InChI=1S/C26H30N4O4/c1-6-14-29(25(32)18(2)3)17-24(31)28-26-27-21(19-10-8-7-9-11-19)16-30(26)20-12-13-22(33-4)23(15-20)34-5/h6-13,15-16,18H,1,14,17H2,2-5H3,(H,27,28,31). The second-order valence-corrected chi connectivity index (χ2v) is 7.94. The molecule has 1 aromatic heterocycles. The molecule has 1 N–H and O–H groups in total. The van der Waals surface area contributed by atoms with Crippen LogP contribution in [0.5, 0.6) is 11.5 Å². The molecule has 0 spiro atoms. The third-order valence-electron chi connectivity index (χ3n) is 5.16. The molecule has 2 aromatic carbocycles. The fraction of sp³-hybridized carbons (Fsp3) is 0.269. The Morgan fingerprint density at radius 3 is 2.44 bits per heavy atom. The minimum Gasteiger partial charge on any atom is -0.493 e. The molecule has 1 heterocycles. The van der Waals surface area contributed by atoms with Crippen LogP contribution in [0, 0.1) is 5.92 Å². The molecule has 3 rings (SSSR count). The van der Waals surface area contributed by atoms with Crippen LogP contribution in [0.15, 0.2) is 67.4 Å². The van der Waals surface area contributed by atoms with Crippen molar-refractivity contribution in [3.63, 3.8) is 0 Å². The van der Waals surface area contributed by atoms with E-state index in [0.29, 0.717) is 23.1 Å². The first-order valence-electron chi connectivity index (χ1n) is 10.9. The van der Waals surface area contributed by atoms with Crippen molar-refractivity contribution in [2.45, 2.75) is 13.8 Å². The summed E-state index contributed by atoms with van der Waals surface area (Å²) in [6.45, 7) is 7.46. The van der Waals surface area contributed by atoms with Gasteiger partial charge in [-0.15, -0.1) is 6.58 Å². The molecule has 0 bridgehead atoms. The molecule has 0 unspecified atom stereocenters. The van der Waals surface area contributed by atoms with Gasteiger partial charge in [0.05, 0.1) is 25.6 Å². The van der Waals surface area contributed by atoms with Crippen molar-refractivity contribution >= 4 is 17.8 Å². The minimum absolute atomic E-state index is 0.109. The van der Waals surface area contributed by atoms with Gasteiger partial charge in [0.25, 0.3) is 0 Å². The zero-order chi connectivity index (χ0) is 24.7. The van der Waals surface area contributed by atoms with Crippen LogP contribution >= 0.6 is 0 Å². The number of hydrogen-bond acceptors (Lipinski definition) is 5. The van der Waals surface area contributed by atoms with Crippen molar-refractivity contribution in [3.05, 3.63) is 67.4 Å². The number of nitrogens with one attached hydrogen (secondary N) is 1. The van der Waals surface area contributed by atoms with Crippen LogP contribution in [0.1, 0.15) is 13.8 Å². The predicted molar refractivity (Wildman–Crippen MR) is 132 cm³/mol. The lowest BCUT2D eigenvalue weighted by Crippen LogP contribution is -2.40. The highest BCUT2D eigenvalue weighted by Crippen LogP contribution is 2.31. The Bertz CT molecular complexity index is 1150. The number of imidazole rings is 1. The van der Waals surface area contributed by atoms with Gasteiger partial charge in [0.15, 0.2) is 11.5 Å². The van der Waals surface area contributed by atoms with Crippen molar-refractivity contribution in [1.82, 2.24) is 14.5 Å². The lowest BCUT2D eigenvalue weighted by Gasteiger charge is -2.22. The Morgan fingerprint density at radius 1 is 1.12 bits per heavy atom. The second kappa shape index (κ2) is 11.2. The van der Waals surface area contributed by atoms with Crippen molar-refractivity contribution in [1.29, 1.82) is 0 Å². The summed E-state index contributed by atoms with van der Waals surface area (Å²) >= 11 is 0.